The Kier molecular flexibility index (Phi) is 14.4. The van der Waals surface area contributed by atoms with Gasteiger partial charge >= 0.3 is 23.1 Å². The standard InChI is InChI=1S/C46H69N5O10Si2/c1-27(2)62(28(3)4)57-23-35-39(60-63(61-62,29(5)6)30(7)8)40(59-37(53)25-56-34-21-17-32(18-22-34)46(12,13)14)43(58-35)51-26-47-38-41(51)49-44(50-42(38)54)48-36(52)24-55-33-19-15-31(16-20-33)45(9,10)11/h15-22,26-30,35,38-41,43H,23-25H2,1-14H3,(H2,48,49,50,52,54)/t35-,38+,39-,40-,41-,43-/m1/s1. The van der Waals surface area contributed by atoms with Crippen molar-refractivity contribution in [3.63, 3.8) is 0 Å². The zero-order valence-electron chi connectivity index (χ0n) is 39.5. The number of guanidine groups is 1. The van der Waals surface area contributed by atoms with Gasteiger partial charge in [-0.1, -0.05) is 121 Å². The fourth-order valence-corrected chi connectivity index (χ4v) is 19.9. The number of rotatable bonds is 12. The number of nitrogens with zero attached hydrogens (tertiary/aromatic N) is 3. The zero-order valence-corrected chi connectivity index (χ0v) is 41.5. The van der Waals surface area contributed by atoms with E-state index >= 15 is 0 Å². The molecular weight excluding hydrogens is 839 g/mol. The van der Waals surface area contributed by atoms with Crippen LogP contribution in [0.25, 0.3) is 0 Å². The summed E-state index contributed by atoms with van der Waals surface area (Å²) >= 11 is 0. The molecule has 0 radical (unpaired) electrons. The predicted octanol–water partition coefficient (Wildman–Crippen LogP) is 6.97. The van der Waals surface area contributed by atoms with Crippen LogP contribution in [0.1, 0.15) is 108 Å². The van der Waals surface area contributed by atoms with Crippen molar-refractivity contribution in [2.45, 2.75) is 167 Å². The highest BCUT2D eigenvalue weighted by Gasteiger charge is 2.63. The number of amides is 2. The summed E-state index contributed by atoms with van der Waals surface area (Å²) in [5.41, 5.74) is 2.35. The van der Waals surface area contributed by atoms with E-state index in [2.05, 4.69) is 113 Å². The number of hydrogen-bond donors (Lipinski definition) is 2. The molecule has 2 aromatic rings. The molecule has 0 unspecified atom stereocenters. The minimum Gasteiger partial charge on any atom is -0.484 e. The molecule has 0 aliphatic carbocycles. The van der Waals surface area contributed by atoms with Crippen molar-refractivity contribution in [3.05, 3.63) is 59.7 Å². The van der Waals surface area contributed by atoms with E-state index in [4.69, 9.17) is 36.9 Å². The fraction of sp³-hybridized carbons (Fsp3) is 0.630. The molecule has 2 amide bonds. The maximum Gasteiger partial charge on any atom is 0.344 e. The Morgan fingerprint density at radius 3 is 1.84 bits per heavy atom. The summed E-state index contributed by atoms with van der Waals surface area (Å²) in [6, 6.07) is 14.2. The zero-order chi connectivity index (χ0) is 46.2. The van der Waals surface area contributed by atoms with Gasteiger partial charge in [-0.25, -0.2) is 9.79 Å². The third kappa shape index (κ3) is 10.4. The number of esters is 1. The van der Waals surface area contributed by atoms with E-state index in [0.29, 0.717) is 11.5 Å². The van der Waals surface area contributed by atoms with Crippen LogP contribution in [-0.4, -0.2) is 109 Å². The molecule has 2 fully saturated rings. The lowest BCUT2D eigenvalue weighted by Crippen LogP contribution is -2.66. The summed E-state index contributed by atoms with van der Waals surface area (Å²) in [5, 5.41) is 5.34. The monoisotopic (exact) mass is 907 g/mol. The van der Waals surface area contributed by atoms with E-state index in [1.165, 1.54) is 6.34 Å². The number of carbonyl (C=O) groups excluding carboxylic acids is 3. The summed E-state index contributed by atoms with van der Waals surface area (Å²) in [6.07, 6.45) is -3.07. The van der Waals surface area contributed by atoms with Crippen LogP contribution in [0.2, 0.25) is 22.2 Å². The van der Waals surface area contributed by atoms with Gasteiger partial charge in [0.05, 0.1) is 12.9 Å². The van der Waals surface area contributed by atoms with E-state index in [9.17, 15) is 14.4 Å². The molecule has 2 aromatic carbocycles. The summed E-state index contributed by atoms with van der Waals surface area (Å²) in [4.78, 5) is 51.6. The molecule has 0 aromatic heterocycles. The van der Waals surface area contributed by atoms with Gasteiger partial charge in [0.1, 0.15) is 23.7 Å². The maximum absolute atomic E-state index is 13.9. The quantitative estimate of drug-likeness (QED) is 0.167. The first kappa shape index (κ1) is 48.3. The van der Waals surface area contributed by atoms with Crippen molar-refractivity contribution < 1.29 is 46.3 Å². The molecule has 2 N–H and O–H groups in total. The molecule has 4 aliphatic heterocycles. The van der Waals surface area contributed by atoms with Gasteiger partial charge in [0.25, 0.3) is 11.8 Å². The number of nitrogens with one attached hydrogen (secondary N) is 2. The third-order valence-corrected chi connectivity index (χ3v) is 22.6. The van der Waals surface area contributed by atoms with Crippen LogP contribution >= 0.6 is 0 Å². The lowest BCUT2D eigenvalue weighted by Gasteiger charge is -2.51. The van der Waals surface area contributed by atoms with Crippen molar-refractivity contribution in [1.82, 2.24) is 15.5 Å². The second-order valence-electron chi connectivity index (χ2n) is 20.3. The number of fused-ring (bicyclic) bond motifs is 2. The van der Waals surface area contributed by atoms with Gasteiger partial charge in [0.2, 0.25) is 5.96 Å². The Morgan fingerprint density at radius 2 is 1.33 bits per heavy atom. The van der Waals surface area contributed by atoms with Crippen LogP contribution in [-0.2, 0) is 47.7 Å². The number of ether oxygens (including phenoxy) is 4. The molecule has 6 atom stereocenters. The van der Waals surface area contributed by atoms with Crippen molar-refractivity contribution in [3.8, 4) is 11.5 Å². The van der Waals surface area contributed by atoms with Gasteiger partial charge in [-0.3, -0.25) is 25.2 Å². The highest BCUT2D eigenvalue weighted by atomic mass is 28.5. The summed E-state index contributed by atoms with van der Waals surface area (Å²) < 4.78 is 46.8. The number of benzene rings is 2. The molecule has 2 saturated heterocycles. The molecule has 6 rings (SSSR count). The Bertz CT molecular complexity index is 2000. The first-order chi connectivity index (χ1) is 29.4. The van der Waals surface area contributed by atoms with Gasteiger partial charge in [0.15, 0.2) is 37.8 Å². The van der Waals surface area contributed by atoms with Gasteiger partial charge in [-0.15, -0.1) is 0 Å². The number of hydrogen-bond acceptors (Lipinski definition) is 13. The average molecular weight is 908 g/mol. The molecule has 4 heterocycles. The van der Waals surface area contributed by atoms with Gasteiger partial charge in [-0.05, 0) is 68.4 Å². The Balaban J connectivity index is 1.28. The van der Waals surface area contributed by atoms with E-state index in [-0.39, 0.29) is 58.8 Å². The summed E-state index contributed by atoms with van der Waals surface area (Å²) in [5.74, 6) is -0.666. The predicted molar refractivity (Wildman–Crippen MR) is 245 cm³/mol. The van der Waals surface area contributed by atoms with Crippen LogP contribution in [0.15, 0.2) is 58.5 Å². The maximum atomic E-state index is 13.9. The highest BCUT2D eigenvalue weighted by molar-refractivity contribution is 6.84. The van der Waals surface area contributed by atoms with Crippen LogP contribution < -0.4 is 20.1 Å². The molecule has 0 saturated carbocycles. The minimum atomic E-state index is -3.21. The molecule has 0 bridgehead atoms. The second-order valence-corrected chi connectivity index (χ2v) is 29.1. The number of aliphatic imine (C=N–C) groups is 2. The fourth-order valence-electron chi connectivity index (χ4n) is 8.67. The van der Waals surface area contributed by atoms with Gasteiger partial charge in [-0.2, -0.15) is 0 Å². The molecule has 15 nitrogen and oxygen atoms in total. The first-order valence-corrected chi connectivity index (χ1v) is 26.2. The lowest BCUT2D eigenvalue weighted by molar-refractivity contribution is -0.163. The molecule has 346 valence electrons. The van der Waals surface area contributed by atoms with Crippen LogP contribution in [0.5, 0.6) is 11.5 Å². The Morgan fingerprint density at radius 1 is 0.810 bits per heavy atom. The third-order valence-electron chi connectivity index (χ3n) is 12.3. The topological polar surface area (TPSA) is 168 Å². The molecular formula is C46H69N5O10Si2. The number of carbonyl (C=O) groups is 3. The summed E-state index contributed by atoms with van der Waals surface area (Å²) in [6.45, 7) is 29.2. The van der Waals surface area contributed by atoms with E-state index < -0.39 is 71.7 Å². The smallest absolute Gasteiger partial charge is 0.344 e. The van der Waals surface area contributed by atoms with Gasteiger partial charge < -0.3 is 36.8 Å². The highest BCUT2D eigenvalue weighted by Crippen LogP contribution is 2.48. The van der Waals surface area contributed by atoms with Crippen LogP contribution in [0.4, 0.5) is 0 Å². The molecule has 17 heteroatoms. The van der Waals surface area contributed by atoms with E-state index in [1.54, 1.807) is 4.90 Å². The van der Waals surface area contributed by atoms with Crippen molar-refractivity contribution in [1.29, 1.82) is 0 Å². The first-order valence-electron chi connectivity index (χ1n) is 22.3. The van der Waals surface area contributed by atoms with E-state index in [1.807, 2.05) is 48.5 Å². The SMILES string of the molecule is CC(C)[Si]1(C(C)C)OC[C@H]2O[C@@H](N3C=N[C@@H]4C(=O)NC(NC(=O)COc5ccc(C(C)(C)C)cc5)=N[C@@H]43)[C@H](OC(=O)COc3ccc(C(C)(C)C)cc3)[C@@H]2O[Si](C(C)C)(C(C)C)O1. The minimum absolute atomic E-state index is 0.0126. The Hall–Kier alpha value is -4.14. The van der Waals surface area contributed by atoms with Gasteiger partial charge in [0, 0.05) is 0 Å². The van der Waals surface area contributed by atoms with Crippen molar-refractivity contribution in [2.24, 2.45) is 9.98 Å². The van der Waals surface area contributed by atoms with Crippen LogP contribution in [0.3, 0.4) is 0 Å². The molecule has 4 aliphatic rings. The largest absolute Gasteiger partial charge is 0.484 e. The second kappa shape index (κ2) is 18.8. The normalized spacial score (nSPS) is 25.6. The molecule has 63 heavy (non-hydrogen) atoms. The average Bonchev–Trinajstić information content (AvgIpc) is 3.76. The summed E-state index contributed by atoms with van der Waals surface area (Å²) in [7, 11) is -6.16. The Labute approximate surface area is 375 Å². The lowest BCUT2D eigenvalue weighted by atomic mass is 9.87. The van der Waals surface area contributed by atoms with Crippen molar-refractivity contribution >= 4 is 47.2 Å². The van der Waals surface area contributed by atoms with E-state index in [0.717, 1.165) is 11.1 Å². The molecule has 0 spiro atoms. The van der Waals surface area contributed by atoms with Crippen LogP contribution in [0, 0.1) is 0 Å². The van der Waals surface area contributed by atoms with Crippen molar-refractivity contribution in [2.75, 3.05) is 19.8 Å².